The summed E-state index contributed by atoms with van der Waals surface area (Å²) in [4.78, 5) is 32.1. The highest BCUT2D eigenvalue weighted by molar-refractivity contribution is 5.92. The SMILES string of the molecule is CC(C)C(NC(=O)Nc1ccc([N+](=O)[O-])c(F)c1)C(=O)O. The Bertz CT molecular complexity index is 576. The molecule has 0 saturated carbocycles. The highest BCUT2D eigenvalue weighted by Crippen LogP contribution is 2.20. The van der Waals surface area contributed by atoms with Crippen LogP contribution in [0.2, 0.25) is 0 Å². The summed E-state index contributed by atoms with van der Waals surface area (Å²) in [5.41, 5.74) is -0.741. The molecule has 0 fully saturated rings. The first-order valence-corrected chi connectivity index (χ1v) is 5.96. The second-order valence-electron chi connectivity index (χ2n) is 4.58. The second kappa shape index (κ2) is 6.64. The number of nitrogens with zero attached hydrogens (tertiary/aromatic N) is 1. The third-order valence-electron chi connectivity index (χ3n) is 2.62. The molecule has 0 bridgehead atoms. The molecule has 9 heteroatoms. The lowest BCUT2D eigenvalue weighted by atomic mass is 10.1. The number of carboxylic acids is 1. The zero-order valence-corrected chi connectivity index (χ0v) is 11.3. The van der Waals surface area contributed by atoms with Gasteiger partial charge >= 0.3 is 17.7 Å². The van der Waals surface area contributed by atoms with Crippen LogP contribution in [-0.2, 0) is 4.79 Å². The Hall–Kier alpha value is -2.71. The number of nitro benzene ring substituents is 1. The molecule has 0 aromatic heterocycles. The molecule has 8 nitrogen and oxygen atoms in total. The van der Waals surface area contributed by atoms with Gasteiger partial charge in [-0.3, -0.25) is 10.1 Å². The van der Waals surface area contributed by atoms with E-state index in [1.807, 2.05) is 0 Å². The normalized spacial score (nSPS) is 11.8. The summed E-state index contributed by atoms with van der Waals surface area (Å²) in [6, 6.07) is 0.883. The van der Waals surface area contributed by atoms with Crippen molar-refractivity contribution in [3.63, 3.8) is 0 Å². The number of halogens is 1. The number of anilines is 1. The standard InChI is InChI=1S/C12H14FN3O5/c1-6(2)10(11(17)18)15-12(19)14-7-3-4-9(16(20)21)8(13)5-7/h3-6,10H,1-2H3,(H,17,18)(H2,14,15,19). The number of rotatable bonds is 5. The summed E-state index contributed by atoms with van der Waals surface area (Å²) >= 11 is 0. The molecule has 0 aliphatic heterocycles. The molecule has 3 N–H and O–H groups in total. The van der Waals surface area contributed by atoms with Crippen molar-refractivity contribution in [1.82, 2.24) is 5.32 Å². The molecule has 0 aliphatic carbocycles. The van der Waals surface area contributed by atoms with Gasteiger partial charge in [0.1, 0.15) is 6.04 Å². The van der Waals surface area contributed by atoms with Gasteiger partial charge in [-0.2, -0.15) is 4.39 Å². The predicted molar refractivity (Wildman–Crippen MR) is 71.5 cm³/mol. The van der Waals surface area contributed by atoms with Crippen LogP contribution < -0.4 is 10.6 Å². The minimum atomic E-state index is -1.20. The number of carbonyl (C=O) groups is 2. The maximum Gasteiger partial charge on any atom is 0.326 e. The number of benzene rings is 1. The van der Waals surface area contributed by atoms with Crippen molar-refractivity contribution in [2.24, 2.45) is 5.92 Å². The Morgan fingerprint density at radius 1 is 1.38 bits per heavy atom. The maximum atomic E-state index is 13.4. The van der Waals surface area contributed by atoms with Gasteiger partial charge in [-0.25, -0.2) is 9.59 Å². The lowest BCUT2D eigenvalue weighted by Crippen LogP contribution is -2.46. The number of nitrogens with one attached hydrogen (secondary N) is 2. The van der Waals surface area contributed by atoms with Crippen LogP contribution in [0.15, 0.2) is 18.2 Å². The molecule has 0 saturated heterocycles. The Morgan fingerprint density at radius 3 is 2.43 bits per heavy atom. The summed E-state index contributed by atoms with van der Waals surface area (Å²) in [5.74, 6) is -2.65. The molecule has 1 unspecified atom stereocenters. The zero-order valence-electron chi connectivity index (χ0n) is 11.3. The maximum absolute atomic E-state index is 13.4. The Morgan fingerprint density at radius 2 is 2.00 bits per heavy atom. The lowest BCUT2D eigenvalue weighted by Gasteiger charge is -2.18. The Labute approximate surface area is 119 Å². The summed E-state index contributed by atoms with van der Waals surface area (Å²) in [6.07, 6.45) is 0. The molecule has 1 aromatic carbocycles. The van der Waals surface area contributed by atoms with Gasteiger partial charge in [0.25, 0.3) is 0 Å². The van der Waals surface area contributed by atoms with E-state index in [0.29, 0.717) is 0 Å². The van der Waals surface area contributed by atoms with Gasteiger partial charge in [0.2, 0.25) is 5.82 Å². The zero-order chi connectivity index (χ0) is 16.2. The summed E-state index contributed by atoms with van der Waals surface area (Å²) in [7, 11) is 0. The quantitative estimate of drug-likeness (QED) is 0.566. The molecule has 0 aliphatic rings. The monoisotopic (exact) mass is 299 g/mol. The molecule has 0 radical (unpaired) electrons. The fourth-order valence-electron chi connectivity index (χ4n) is 1.55. The van der Waals surface area contributed by atoms with E-state index in [4.69, 9.17) is 5.11 Å². The first kappa shape index (κ1) is 16.3. The highest BCUT2D eigenvalue weighted by Gasteiger charge is 2.23. The third kappa shape index (κ3) is 4.41. The van der Waals surface area contributed by atoms with Crippen molar-refractivity contribution in [1.29, 1.82) is 0 Å². The topological polar surface area (TPSA) is 122 Å². The van der Waals surface area contributed by atoms with Crippen molar-refractivity contribution in [2.45, 2.75) is 19.9 Å². The minimum Gasteiger partial charge on any atom is -0.480 e. The molecule has 0 heterocycles. The number of amides is 2. The average molecular weight is 299 g/mol. The van der Waals surface area contributed by atoms with E-state index in [-0.39, 0.29) is 11.6 Å². The molecular weight excluding hydrogens is 285 g/mol. The van der Waals surface area contributed by atoms with Gasteiger partial charge in [0.05, 0.1) is 4.92 Å². The smallest absolute Gasteiger partial charge is 0.326 e. The molecular formula is C12H14FN3O5. The van der Waals surface area contributed by atoms with Crippen LogP contribution in [0.4, 0.5) is 20.6 Å². The van der Waals surface area contributed by atoms with Gasteiger partial charge in [-0.15, -0.1) is 0 Å². The fraction of sp³-hybridized carbons (Fsp3) is 0.333. The summed E-state index contributed by atoms with van der Waals surface area (Å²) < 4.78 is 13.4. The molecule has 114 valence electrons. The van der Waals surface area contributed by atoms with Crippen LogP contribution in [0.5, 0.6) is 0 Å². The number of carbonyl (C=O) groups excluding carboxylic acids is 1. The number of aliphatic carboxylic acids is 1. The lowest BCUT2D eigenvalue weighted by molar-refractivity contribution is -0.387. The fourth-order valence-corrected chi connectivity index (χ4v) is 1.55. The molecule has 2 amide bonds. The minimum absolute atomic E-state index is 0.0245. The van der Waals surface area contributed by atoms with E-state index in [0.717, 1.165) is 18.2 Å². The summed E-state index contributed by atoms with van der Waals surface area (Å²) in [5, 5.41) is 23.8. The highest BCUT2D eigenvalue weighted by atomic mass is 19.1. The van der Waals surface area contributed by atoms with E-state index in [9.17, 15) is 24.1 Å². The second-order valence-corrected chi connectivity index (χ2v) is 4.58. The van der Waals surface area contributed by atoms with Crippen LogP contribution in [0.3, 0.4) is 0 Å². The van der Waals surface area contributed by atoms with Gasteiger partial charge in [-0.1, -0.05) is 13.8 Å². The van der Waals surface area contributed by atoms with E-state index >= 15 is 0 Å². The van der Waals surface area contributed by atoms with Gasteiger partial charge < -0.3 is 15.7 Å². The van der Waals surface area contributed by atoms with Crippen LogP contribution >= 0.6 is 0 Å². The van der Waals surface area contributed by atoms with Crippen molar-refractivity contribution in [2.75, 3.05) is 5.32 Å². The summed E-state index contributed by atoms with van der Waals surface area (Å²) in [6.45, 7) is 3.23. The van der Waals surface area contributed by atoms with Crippen LogP contribution in [0.25, 0.3) is 0 Å². The first-order chi connectivity index (χ1) is 9.72. The first-order valence-electron chi connectivity index (χ1n) is 5.96. The Balaban J connectivity index is 2.77. The number of hydrogen-bond donors (Lipinski definition) is 3. The number of carboxylic acid groups (broad SMARTS) is 1. The van der Waals surface area contributed by atoms with E-state index in [2.05, 4.69) is 10.6 Å². The van der Waals surface area contributed by atoms with Crippen molar-refractivity contribution < 1.29 is 24.0 Å². The van der Waals surface area contributed by atoms with E-state index in [1.165, 1.54) is 0 Å². The number of hydrogen-bond acceptors (Lipinski definition) is 4. The van der Waals surface area contributed by atoms with Gasteiger partial charge in [0, 0.05) is 17.8 Å². The predicted octanol–water partition coefficient (Wildman–Crippen LogP) is 1.96. The van der Waals surface area contributed by atoms with Crippen molar-refractivity contribution in [3.8, 4) is 0 Å². The van der Waals surface area contributed by atoms with Crippen LogP contribution in [-0.4, -0.2) is 28.1 Å². The molecule has 0 spiro atoms. The van der Waals surface area contributed by atoms with E-state index < -0.39 is 34.5 Å². The third-order valence-corrected chi connectivity index (χ3v) is 2.62. The molecule has 1 aromatic rings. The van der Waals surface area contributed by atoms with Crippen molar-refractivity contribution in [3.05, 3.63) is 34.1 Å². The van der Waals surface area contributed by atoms with Crippen molar-refractivity contribution >= 4 is 23.4 Å². The van der Waals surface area contributed by atoms with E-state index in [1.54, 1.807) is 13.8 Å². The van der Waals surface area contributed by atoms with Crippen LogP contribution in [0, 0.1) is 21.8 Å². The number of urea groups is 1. The number of nitro groups is 1. The Kier molecular flexibility index (Phi) is 5.17. The largest absolute Gasteiger partial charge is 0.480 e. The van der Waals surface area contributed by atoms with Gasteiger partial charge in [-0.05, 0) is 12.0 Å². The molecule has 1 atom stereocenters. The van der Waals surface area contributed by atoms with Gasteiger partial charge in [0.15, 0.2) is 0 Å². The van der Waals surface area contributed by atoms with Crippen LogP contribution in [0.1, 0.15) is 13.8 Å². The molecule has 1 rings (SSSR count). The molecule has 21 heavy (non-hydrogen) atoms. The average Bonchev–Trinajstić information content (AvgIpc) is 2.34.